The van der Waals surface area contributed by atoms with Gasteiger partial charge in [0.25, 0.3) is 0 Å². The van der Waals surface area contributed by atoms with Gasteiger partial charge in [-0.05, 0) is 24.3 Å². The Morgan fingerprint density at radius 2 is 1.79 bits per heavy atom. The van der Waals surface area contributed by atoms with E-state index in [0.29, 0.717) is 0 Å². The third-order valence-corrected chi connectivity index (χ3v) is 2.98. The largest absolute Gasteiger partial charge is 0.344 e. The molecule has 0 atom stereocenters. The van der Waals surface area contributed by atoms with E-state index in [1.807, 2.05) is 0 Å². The zero-order valence-electron chi connectivity index (χ0n) is 9.92. The number of benzene rings is 1. The predicted molar refractivity (Wildman–Crippen MR) is 69.7 cm³/mol. The van der Waals surface area contributed by atoms with E-state index in [4.69, 9.17) is 5.14 Å². The Kier molecular flexibility index (Phi) is 4.79. The Morgan fingerprint density at radius 3 is 2.26 bits per heavy atom. The van der Waals surface area contributed by atoms with Gasteiger partial charge in [-0.1, -0.05) is 6.08 Å². The highest BCUT2D eigenvalue weighted by Gasteiger charge is 2.13. The Balaban J connectivity index is 2.71. The average molecular weight is 283 g/mol. The lowest BCUT2D eigenvalue weighted by atomic mass is 10.3. The molecule has 19 heavy (non-hydrogen) atoms. The van der Waals surface area contributed by atoms with Crippen LogP contribution in [-0.4, -0.2) is 26.8 Å². The van der Waals surface area contributed by atoms with Crippen molar-refractivity contribution in [2.45, 2.75) is 4.90 Å². The minimum absolute atomic E-state index is 0.0818. The Morgan fingerprint density at radius 1 is 1.21 bits per heavy atom. The van der Waals surface area contributed by atoms with Crippen molar-refractivity contribution in [1.29, 1.82) is 0 Å². The van der Waals surface area contributed by atoms with Gasteiger partial charge in [0, 0.05) is 12.2 Å². The first-order chi connectivity index (χ1) is 8.84. The lowest BCUT2D eigenvalue weighted by Gasteiger charge is -2.05. The van der Waals surface area contributed by atoms with Gasteiger partial charge in [0.2, 0.25) is 10.0 Å². The number of rotatable bonds is 4. The maximum Gasteiger partial charge on any atom is 0.313 e. The van der Waals surface area contributed by atoms with Crippen LogP contribution in [0.5, 0.6) is 0 Å². The van der Waals surface area contributed by atoms with Gasteiger partial charge in [-0.3, -0.25) is 9.59 Å². The predicted octanol–water partition coefficient (Wildman–Crippen LogP) is -0.425. The van der Waals surface area contributed by atoms with Crippen LogP contribution in [0.4, 0.5) is 5.69 Å². The fourth-order valence-electron chi connectivity index (χ4n) is 1.16. The van der Waals surface area contributed by atoms with Gasteiger partial charge in [-0.2, -0.15) is 0 Å². The highest BCUT2D eigenvalue weighted by molar-refractivity contribution is 7.89. The molecule has 1 aromatic carbocycles. The number of nitrogens with two attached hydrogens (primary N) is 1. The van der Waals surface area contributed by atoms with Gasteiger partial charge >= 0.3 is 11.8 Å². The molecular formula is C11H13N3O4S. The molecule has 8 heteroatoms. The summed E-state index contributed by atoms with van der Waals surface area (Å²) in [5, 5.41) is 9.53. The van der Waals surface area contributed by atoms with E-state index in [1.54, 1.807) is 0 Å². The molecule has 0 aliphatic heterocycles. The molecule has 2 amide bonds. The summed E-state index contributed by atoms with van der Waals surface area (Å²) in [6, 6.07) is 5.12. The second-order valence-corrected chi connectivity index (χ2v) is 5.08. The summed E-state index contributed by atoms with van der Waals surface area (Å²) < 4.78 is 22.0. The molecular weight excluding hydrogens is 270 g/mol. The number of hydrogen-bond donors (Lipinski definition) is 3. The van der Waals surface area contributed by atoms with Gasteiger partial charge in [0.15, 0.2) is 0 Å². The number of carbonyl (C=O) groups excluding carboxylic acids is 2. The van der Waals surface area contributed by atoms with Crippen LogP contribution in [0.3, 0.4) is 0 Å². The van der Waals surface area contributed by atoms with Crippen LogP contribution < -0.4 is 15.8 Å². The number of sulfonamides is 1. The van der Waals surface area contributed by atoms with Crippen molar-refractivity contribution in [3.8, 4) is 0 Å². The third kappa shape index (κ3) is 4.53. The molecule has 0 aromatic heterocycles. The molecule has 0 fully saturated rings. The van der Waals surface area contributed by atoms with Crippen molar-refractivity contribution in [1.82, 2.24) is 5.32 Å². The maximum atomic E-state index is 11.4. The lowest BCUT2D eigenvalue weighted by molar-refractivity contribution is -0.136. The van der Waals surface area contributed by atoms with Crippen LogP contribution in [0.25, 0.3) is 0 Å². The minimum atomic E-state index is -3.78. The molecule has 1 aromatic rings. The van der Waals surface area contributed by atoms with E-state index in [-0.39, 0.29) is 17.1 Å². The molecule has 0 spiro atoms. The first-order valence-electron chi connectivity index (χ1n) is 5.17. The number of primary sulfonamides is 1. The monoisotopic (exact) mass is 283 g/mol. The normalized spacial score (nSPS) is 10.6. The highest BCUT2D eigenvalue weighted by Crippen LogP contribution is 2.12. The van der Waals surface area contributed by atoms with Crippen LogP contribution in [0, 0.1) is 0 Å². The number of nitrogens with one attached hydrogen (secondary N) is 2. The van der Waals surface area contributed by atoms with E-state index >= 15 is 0 Å². The molecule has 1 rings (SSSR count). The zero-order chi connectivity index (χ0) is 14.5. The number of carbonyl (C=O) groups is 2. The first kappa shape index (κ1) is 14.9. The van der Waals surface area contributed by atoms with Gasteiger partial charge in [0.05, 0.1) is 4.90 Å². The van der Waals surface area contributed by atoms with Crippen molar-refractivity contribution in [3.63, 3.8) is 0 Å². The molecule has 0 bridgehead atoms. The van der Waals surface area contributed by atoms with Crippen LogP contribution in [0.1, 0.15) is 0 Å². The topological polar surface area (TPSA) is 118 Å². The molecule has 0 unspecified atom stereocenters. The van der Waals surface area contributed by atoms with Gasteiger partial charge < -0.3 is 10.6 Å². The fraction of sp³-hybridized carbons (Fsp3) is 0.0909. The van der Waals surface area contributed by atoms with Crippen LogP contribution in [0.15, 0.2) is 41.8 Å². The minimum Gasteiger partial charge on any atom is -0.344 e. The molecule has 7 nitrogen and oxygen atoms in total. The van der Waals surface area contributed by atoms with Crippen LogP contribution >= 0.6 is 0 Å². The van der Waals surface area contributed by atoms with Gasteiger partial charge in [-0.25, -0.2) is 13.6 Å². The van der Waals surface area contributed by atoms with E-state index in [2.05, 4.69) is 17.2 Å². The summed E-state index contributed by atoms with van der Waals surface area (Å²) in [5.74, 6) is -1.67. The summed E-state index contributed by atoms with van der Waals surface area (Å²) in [6.45, 7) is 3.57. The molecule has 102 valence electrons. The maximum absolute atomic E-state index is 11.4. The average Bonchev–Trinajstić information content (AvgIpc) is 2.35. The van der Waals surface area contributed by atoms with Crippen molar-refractivity contribution in [3.05, 3.63) is 36.9 Å². The van der Waals surface area contributed by atoms with E-state index in [1.165, 1.54) is 30.3 Å². The Bertz CT molecular complexity index is 593. The van der Waals surface area contributed by atoms with E-state index in [9.17, 15) is 18.0 Å². The summed E-state index contributed by atoms with van der Waals surface area (Å²) in [4.78, 5) is 22.6. The summed E-state index contributed by atoms with van der Waals surface area (Å²) >= 11 is 0. The number of hydrogen-bond acceptors (Lipinski definition) is 4. The van der Waals surface area contributed by atoms with Crippen LogP contribution in [-0.2, 0) is 19.6 Å². The third-order valence-electron chi connectivity index (χ3n) is 2.05. The Labute approximate surface area is 110 Å². The molecule has 0 aliphatic carbocycles. The highest BCUT2D eigenvalue weighted by atomic mass is 32.2. The molecule has 4 N–H and O–H groups in total. The summed E-state index contributed by atoms with van der Waals surface area (Å²) in [7, 11) is -3.78. The second kappa shape index (κ2) is 6.12. The standard InChI is InChI=1S/C11H13N3O4S/c1-2-7-13-10(15)11(16)14-8-3-5-9(6-4-8)19(12,17)18/h2-6H,1,7H2,(H,13,15)(H,14,16)(H2,12,17,18). The fourth-order valence-corrected chi connectivity index (χ4v) is 1.68. The van der Waals surface area contributed by atoms with Gasteiger partial charge in [-0.15, -0.1) is 6.58 Å². The van der Waals surface area contributed by atoms with E-state index < -0.39 is 21.8 Å². The van der Waals surface area contributed by atoms with Crippen molar-refractivity contribution < 1.29 is 18.0 Å². The summed E-state index contributed by atoms with van der Waals surface area (Å²) in [5.41, 5.74) is 0.283. The van der Waals surface area contributed by atoms with Crippen LogP contribution in [0.2, 0.25) is 0 Å². The van der Waals surface area contributed by atoms with E-state index in [0.717, 1.165) is 0 Å². The molecule has 0 heterocycles. The molecule has 0 saturated heterocycles. The molecule has 0 aliphatic rings. The SMILES string of the molecule is C=CCNC(=O)C(=O)Nc1ccc(S(N)(=O)=O)cc1. The van der Waals surface area contributed by atoms with Crippen molar-refractivity contribution in [2.75, 3.05) is 11.9 Å². The molecule has 0 radical (unpaired) electrons. The van der Waals surface area contributed by atoms with Gasteiger partial charge in [0.1, 0.15) is 0 Å². The number of anilines is 1. The zero-order valence-corrected chi connectivity index (χ0v) is 10.7. The Hall–Kier alpha value is -2.19. The molecule has 0 saturated carbocycles. The quantitative estimate of drug-likeness (QED) is 0.513. The number of amides is 2. The smallest absolute Gasteiger partial charge is 0.313 e. The van der Waals surface area contributed by atoms with Crippen molar-refractivity contribution in [2.24, 2.45) is 5.14 Å². The lowest BCUT2D eigenvalue weighted by Crippen LogP contribution is -2.35. The summed E-state index contributed by atoms with van der Waals surface area (Å²) in [6.07, 6.45) is 1.44. The second-order valence-electron chi connectivity index (χ2n) is 3.52. The van der Waals surface area contributed by atoms with Crippen molar-refractivity contribution >= 4 is 27.5 Å². The first-order valence-corrected chi connectivity index (χ1v) is 6.72.